The summed E-state index contributed by atoms with van der Waals surface area (Å²) in [6, 6.07) is 1.13. The van der Waals surface area contributed by atoms with Gasteiger partial charge in [0.05, 0.1) is 6.61 Å². The lowest BCUT2D eigenvalue weighted by Crippen LogP contribution is -2.35. The first-order valence-corrected chi connectivity index (χ1v) is 7.47. The van der Waals surface area contributed by atoms with Gasteiger partial charge in [0, 0.05) is 23.5 Å². The molecule has 0 spiro atoms. The molecule has 6 nitrogen and oxygen atoms in total. The molecule has 1 amide bonds. The highest BCUT2D eigenvalue weighted by molar-refractivity contribution is 7.11. The second-order valence-corrected chi connectivity index (χ2v) is 6.03. The van der Waals surface area contributed by atoms with Crippen LogP contribution in [0.3, 0.4) is 0 Å². The Hall–Kier alpha value is -1.70. The minimum Gasteiger partial charge on any atom is -0.480 e. The van der Waals surface area contributed by atoms with Gasteiger partial charge in [0.1, 0.15) is 6.04 Å². The van der Waals surface area contributed by atoms with E-state index >= 15 is 0 Å². The van der Waals surface area contributed by atoms with Crippen molar-refractivity contribution in [3.05, 3.63) is 28.0 Å². The third-order valence-corrected chi connectivity index (χ3v) is 4.38. The van der Waals surface area contributed by atoms with Gasteiger partial charge < -0.3 is 15.5 Å². The molecule has 0 aromatic carbocycles. The Balaban J connectivity index is 1.86. The first kappa shape index (κ1) is 15.7. The summed E-state index contributed by atoms with van der Waals surface area (Å²) < 4.78 is 0. The van der Waals surface area contributed by atoms with Crippen LogP contribution in [0.4, 0.5) is 0 Å². The molecule has 2 heterocycles. The molecule has 3 N–H and O–H groups in total. The maximum atomic E-state index is 11.8. The van der Waals surface area contributed by atoms with E-state index < -0.39 is 12.0 Å². The fraction of sp³-hybridized carbons (Fsp3) is 0.429. The first-order chi connectivity index (χ1) is 9.99. The predicted octanol–water partition coefficient (Wildman–Crippen LogP) is 0.527. The summed E-state index contributed by atoms with van der Waals surface area (Å²) in [6.45, 7) is 0.520. The number of nitrogens with zero attached hydrogens (tertiary/aromatic N) is 1. The number of carboxylic acid groups (broad SMARTS) is 1. The second-order valence-electron chi connectivity index (χ2n) is 5.08. The molecule has 7 heteroatoms. The molecule has 1 aromatic rings. The van der Waals surface area contributed by atoms with Gasteiger partial charge in [0.2, 0.25) is 5.91 Å². The lowest BCUT2D eigenvalue weighted by molar-refractivity contribution is -0.141. The largest absolute Gasteiger partial charge is 0.480 e. The summed E-state index contributed by atoms with van der Waals surface area (Å²) >= 11 is 1.45. The van der Waals surface area contributed by atoms with Crippen molar-refractivity contribution < 1.29 is 19.8 Å². The SMILES string of the molecule is CN1C[C@H](NC(=O)/C=C/c2cc(CO)cs2)C[C@H]1C(=O)O. The lowest BCUT2D eigenvalue weighted by Gasteiger charge is -2.13. The summed E-state index contributed by atoms with van der Waals surface area (Å²) in [6.07, 6.45) is 3.53. The van der Waals surface area contributed by atoms with Gasteiger partial charge in [-0.05, 0) is 36.6 Å². The Morgan fingerprint density at radius 2 is 2.33 bits per heavy atom. The van der Waals surface area contributed by atoms with Crippen molar-refractivity contribution in [1.82, 2.24) is 10.2 Å². The number of carboxylic acids is 1. The van der Waals surface area contributed by atoms with Crippen molar-refractivity contribution in [2.24, 2.45) is 0 Å². The molecule has 1 aliphatic heterocycles. The minimum atomic E-state index is -0.861. The summed E-state index contributed by atoms with van der Waals surface area (Å²) in [4.78, 5) is 25.4. The average molecular weight is 310 g/mol. The van der Waals surface area contributed by atoms with Crippen molar-refractivity contribution in [3.63, 3.8) is 0 Å². The van der Waals surface area contributed by atoms with Gasteiger partial charge in [0.25, 0.3) is 0 Å². The Morgan fingerprint density at radius 1 is 1.57 bits per heavy atom. The van der Waals surface area contributed by atoms with Gasteiger partial charge in [-0.3, -0.25) is 14.5 Å². The molecule has 1 aromatic heterocycles. The van der Waals surface area contributed by atoms with Crippen LogP contribution in [0.15, 0.2) is 17.5 Å². The number of rotatable bonds is 5. The first-order valence-electron chi connectivity index (χ1n) is 6.59. The topological polar surface area (TPSA) is 89.9 Å². The van der Waals surface area contributed by atoms with E-state index in [0.29, 0.717) is 13.0 Å². The summed E-state index contributed by atoms with van der Waals surface area (Å²) in [5.74, 6) is -1.10. The molecule has 0 radical (unpaired) electrons. The molecule has 1 fully saturated rings. The molecule has 0 aliphatic carbocycles. The normalized spacial score (nSPS) is 22.8. The number of nitrogens with one attached hydrogen (secondary N) is 1. The van der Waals surface area contributed by atoms with E-state index in [0.717, 1.165) is 10.4 Å². The third-order valence-electron chi connectivity index (χ3n) is 3.44. The van der Waals surface area contributed by atoms with Crippen LogP contribution in [0.2, 0.25) is 0 Å². The molecule has 2 atom stereocenters. The number of likely N-dealkylation sites (N-methyl/N-ethyl adjacent to an activating group) is 1. The lowest BCUT2D eigenvalue weighted by atomic mass is 10.1. The molecule has 1 aliphatic rings. The van der Waals surface area contributed by atoms with Crippen LogP contribution in [0.25, 0.3) is 6.08 Å². The molecule has 114 valence electrons. The number of carbonyl (C=O) groups excluding carboxylic acids is 1. The third kappa shape index (κ3) is 4.13. The van der Waals surface area contributed by atoms with E-state index in [4.69, 9.17) is 10.2 Å². The van der Waals surface area contributed by atoms with E-state index in [9.17, 15) is 9.59 Å². The van der Waals surface area contributed by atoms with Crippen molar-refractivity contribution in [2.45, 2.75) is 25.1 Å². The molecule has 2 rings (SSSR count). The number of aliphatic hydroxyl groups is 1. The van der Waals surface area contributed by atoms with Crippen LogP contribution in [-0.2, 0) is 16.2 Å². The number of hydrogen-bond donors (Lipinski definition) is 3. The van der Waals surface area contributed by atoms with Gasteiger partial charge in [-0.2, -0.15) is 0 Å². The zero-order valence-electron chi connectivity index (χ0n) is 11.7. The number of amides is 1. The van der Waals surface area contributed by atoms with Gasteiger partial charge in [-0.1, -0.05) is 0 Å². The highest BCUT2D eigenvalue weighted by Gasteiger charge is 2.34. The monoisotopic (exact) mass is 310 g/mol. The number of aliphatic hydroxyl groups excluding tert-OH is 1. The molecule has 0 unspecified atom stereocenters. The maximum Gasteiger partial charge on any atom is 0.320 e. The molecule has 0 bridgehead atoms. The van der Waals surface area contributed by atoms with Crippen LogP contribution in [0, 0.1) is 0 Å². The van der Waals surface area contributed by atoms with Crippen LogP contribution >= 0.6 is 11.3 Å². The van der Waals surface area contributed by atoms with Crippen molar-refractivity contribution in [2.75, 3.05) is 13.6 Å². The molecule has 0 saturated carbocycles. The Bertz CT molecular complexity index is 555. The van der Waals surface area contributed by atoms with E-state index in [2.05, 4.69) is 5.32 Å². The number of thiophene rings is 1. The van der Waals surface area contributed by atoms with E-state index in [1.54, 1.807) is 18.0 Å². The van der Waals surface area contributed by atoms with E-state index in [1.165, 1.54) is 17.4 Å². The molecular weight excluding hydrogens is 292 g/mol. The number of carbonyl (C=O) groups is 2. The molecule has 1 saturated heterocycles. The summed E-state index contributed by atoms with van der Waals surface area (Å²) in [5, 5.41) is 22.6. The molecule has 21 heavy (non-hydrogen) atoms. The van der Waals surface area contributed by atoms with Gasteiger partial charge >= 0.3 is 5.97 Å². The number of likely N-dealkylation sites (tertiary alicyclic amines) is 1. The summed E-state index contributed by atoms with van der Waals surface area (Å²) in [5.41, 5.74) is 0.821. The predicted molar refractivity (Wildman–Crippen MR) is 79.9 cm³/mol. The molecular formula is C14H18N2O4S. The zero-order chi connectivity index (χ0) is 15.4. The quantitative estimate of drug-likeness (QED) is 0.690. The average Bonchev–Trinajstić information content (AvgIpc) is 3.03. The standard InChI is InChI=1S/C14H18N2O4S/c1-16-6-10(5-12(16)14(19)20)15-13(18)3-2-11-4-9(7-17)8-21-11/h2-4,8,10,12,17H,5-7H2,1H3,(H,15,18)(H,19,20)/b3-2+/t10-,12+/m1/s1. The highest BCUT2D eigenvalue weighted by atomic mass is 32.1. The Morgan fingerprint density at radius 3 is 2.90 bits per heavy atom. The highest BCUT2D eigenvalue weighted by Crippen LogP contribution is 2.17. The minimum absolute atomic E-state index is 0.0124. The smallest absolute Gasteiger partial charge is 0.320 e. The van der Waals surface area contributed by atoms with E-state index in [-0.39, 0.29) is 18.6 Å². The van der Waals surface area contributed by atoms with Crippen LogP contribution in [0.5, 0.6) is 0 Å². The van der Waals surface area contributed by atoms with Gasteiger partial charge in [-0.25, -0.2) is 0 Å². The number of hydrogen-bond acceptors (Lipinski definition) is 5. The van der Waals surface area contributed by atoms with Crippen molar-refractivity contribution >= 4 is 29.3 Å². The van der Waals surface area contributed by atoms with Crippen molar-refractivity contribution in [3.8, 4) is 0 Å². The Kier molecular flexibility index (Phi) is 5.11. The number of aliphatic carboxylic acids is 1. The van der Waals surface area contributed by atoms with Crippen LogP contribution in [0.1, 0.15) is 16.9 Å². The van der Waals surface area contributed by atoms with E-state index in [1.807, 2.05) is 11.4 Å². The fourth-order valence-electron chi connectivity index (χ4n) is 2.36. The van der Waals surface area contributed by atoms with Gasteiger partial charge in [0.15, 0.2) is 0 Å². The zero-order valence-corrected chi connectivity index (χ0v) is 12.5. The Labute approximate surface area is 126 Å². The van der Waals surface area contributed by atoms with Crippen LogP contribution in [-0.4, -0.2) is 52.7 Å². The van der Waals surface area contributed by atoms with Crippen LogP contribution < -0.4 is 5.32 Å². The van der Waals surface area contributed by atoms with Gasteiger partial charge in [-0.15, -0.1) is 11.3 Å². The van der Waals surface area contributed by atoms with Crippen molar-refractivity contribution in [1.29, 1.82) is 0 Å². The summed E-state index contributed by atoms with van der Waals surface area (Å²) in [7, 11) is 1.74. The maximum absolute atomic E-state index is 11.8. The second kappa shape index (κ2) is 6.84. The fourth-order valence-corrected chi connectivity index (χ4v) is 3.16.